The third-order valence-corrected chi connectivity index (χ3v) is 9.31. The number of carboxylic acids is 1. The number of benzene rings is 4. The van der Waals surface area contributed by atoms with E-state index in [-0.39, 0.29) is 11.7 Å². The van der Waals surface area contributed by atoms with Gasteiger partial charge < -0.3 is 10.0 Å². The third-order valence-electron chi connectivity index (χ3n) is 8.42. The molecule has 1 N–H and O–H groups in total. The lowest BCUT2D eigenvalue weighted by atomic mass is 9.95. The molecule has 6 nitrogen and oxygen atoms in total. The fraction of sp³-hybridized carbons (Fsp3) is 0.175. The molecule has 0 amide bonds. The first-order valence-corrected chi connectivity index (χ1v) is 16.5. The van der Waals surface area contributed by atoms with E-state index in [1.165, 1.54) is 45.5 Å². The van der Waals surface area contributed by atoms with E-state index < -0.39 is 5.97 Å². The van der Waals surface area contributed by atoms with Gasteiger partial charge in [0.05, 0.1) is 0 Å². The number of thioether (sulfide) groups is 1. The van der Waals surface area contributed by atoms with Crippen molar-refractivity contribution < 1.29 is 19.5 Å². The average Bonchev–Trinajstić information content (AvgIpc) is 3.68. The summed E-state index contributed by atoms with van der Waals surface area (Å²) in [5.74, 6) is 0.300. The summed E-state index contributed by atoms with van der Waals surface area (Å²) in [7, 11) is 0. The average molecular weight is 639 g/mol. The molecule has 4 aromatic carbocycles. The summed E-state index contributed by atoms with van der Waals surface area (Å²) in [6.45, 7) is 2.17. The van der Waals surface area contributed by atoms with Crippen LogP contribution in [0.5, 0.6) is 0 Å². The SMILES string of the molecule is CCSc1ccc(C=Cc2ccc(C=Cc3ccc(N4c5ccc(/C=C(\C#N)C(=O)O)cc5C5CCCC54)cc3)cc2)cc1.O=C=O. The van der Waals surface area contributed by atoms with Crippen LogP contribution >= 0.6 is 11.8 Å². The molecule has 1 heterocycles. The second kappa shape index (κ2) is 15.7. The number of nitriles is 1. The fourth-order valence-corrected chi connectivity index (χ4v) is 6.96. The monoisotopic (exact) mass is 638 g/mol. The van der Waals surface area contributed by atoms with E-state index in [1.807, 2.05) is 17.8 Å². The number of aliphatic carboxylic acids is 1. The highest BCUT2D eigenvalue weighted by atomic mass is 32.2. The lowest BCUT2D eigenvalue weighted by Gasteiger charge is -2.27. The van der Waals surface area contributed by atoms with Crippen LogP contribution in [-0.4, -0.2) is 29.0 Å². The van der Waals surface area contributed by atoms with Gasteiger partial charge in [0.1, 0.15) is 11.6 Å². The van der Waals surface area contributed by atoms with E-state index in [9.17, 15) is 15.2 Å². The van der Waals surface area contributed by atoms with Crippen molar-refractivity contribution in [3.8, 4) is 6.07 Å². The van der Waals surface area contributed by atoms with Crippen molar-refractivity contribution in [3.05, 3.63) is 130 Å². The molecule has 1 fully saturated rings. The van der Waals surface area contributed by atoms with Gasteiger partial charge in [-0.05, 0) is 94.4 Å². The van der Waals surface area contributed by atoms with E-state index in [0.29, 0.717) is 12.0 Å². The van der Waals surface area contributed by atoms with Crippen molar-refractivity contribution in [2.24, 2.45) is 0 Å². The Bertz CT molecular complexity index is 1880. The molecule has 1 saturated carbocycles. The minimum Gasteiger partial charge on any atom is -0.477 e. The summed E-state index contributed by atoms with van der Waals surface area (Å²) in [4.78, 5) is 31.3. The number of rotatable bonds is 9. The first kappa shape index (κ1) is 33.0. The minimum atomic E-state index is -1.20. The molecule has 0 bridgehead atoms. The van der Waals surface area contributed by atoms with Crippen LogP contribution in [0.4, 0.5) is 11.4 Å². The number of carbonyl (C=O) groups excluding carboxylic acids is 2. The molecule has 2 unspecified atom stereocenters. The predicted molar refractivity (Wildman–Crippen MR) is 189 cm³/mol. The molecule has 1 aliphatic carbocycles. The topological polar surface area (TPSA) is 98.5 Å². The van der Waals surface area contributed by atoms with Crippen molar-refractivity contribution in [1.29, 1.82) is 5.26 Å². The number of hydrogen-bond donors (Lipinski definition) is 1. The number of anilines is 2. The van der Waals surface area contributed by atoms with E-state index in [0.717, 1.165) is 35.3 Å². The van der Waals surface area contributed by atoms with Gasteiger partial charge in [0.15, 0.2) is 0 Å². The van der Waals surface area contributed by atoms with Gasteiger partial charge in [0, 0.05) is 28.2 Å². The lowest BCUT2D eigenvalue weighted by Crippen LogP contribution is -2.26. The molecule has 7 heteroatoms. The van der Waals surface area contributed by atoms with Crippen LogP contribution in [0.2, 0.25) is 0 Å². The molecule has 0 saturated heterocycles. The first-order chi connectivity index (χ1) is 22.9. The summed E-state index contributed by atoms with van der Waals surface area (Å²) in [6, 6.07) is 34.2. The standard InChI is InChI=1S/C39H34N2O2S.CO2/c1-2-44-34-21-16-30(17-22-34)13-11-28-8-6-27(7-9-28)10-12-29-14-19-33(20-15-29)41-37-5-3-4-35(37)36-25-31(18-23-38(36)41)24-32(26-40)39(42)43;2-1-3/h6-25,35,37H,2-5H2,1H3,(H,42,43);/b12-10?,13-11?,32-24+;. The normalized spacial score (nSPS) is 16.7. The second-order valence-electron chi connectivity index (χ2n) is 11.3. The third kappa shape index (κ3) is 8.06. The molecule has 6 rings (SSSR count). The zero-order valence-corrected chi connectivity index (χ0v) is 26.8. The van der Waals surface area contributed by atoms with Crippen molar-refractivity contribution in [2.45, 2.75) is 43.0 Å². The Hall–Kier alpha value is -5.41. The highest BCUT2D eigenvalue weighted by Gasteiger charge is 2.42. The molecular weight excluding hydrogens is 605 g/mol. The molecule has 2 atom stereocenters. The van der Waals surface area contributed by atoms with E-state index in [2.05, 4.69) is 121 Å². The van der Waals surface area contributed by atoms with Crippen LogP contribution in [0.15, 0.2) is 101 Å². The summed E-state index contributed by atoms with van der Waals surface area (Å²) in [5.41, 5.74) is 8.77. The highest BCUT2D eigenvalue weighted by molar-refractivity contribution is 7.99. The molecule has 1 aliphatic heterocycles. The van der Waals surface area contributed by atoms with Gasteiger partial charge in [0.25, 0.3) is 0 Å². The molecule has 0 radical (unpaired) electrons. The molecule has 4 aromatic rings. The fourth-order valence-electron chi connectivity index (χ4n) is 6.30. The van der Waals surface area contributed by atoms with Crippen molar-refractivity contribution in [2.75, 3.05) is 10.7 Å². The number of nitrogens with zero attached hydrogens (tertiary/aromatic N) is 2. The minimum absolute atomic E-state index is 0.248. The molecule has 2 aliphatic rings. The highest BCUT2D eigenvalue weighted by Crippen LogP contribution is 2.52. The molecule has 0 aromatic heterocycles. The molecule has 0 spiro atoms. The van der Waals surface area contributed by atoms with Crippen LogP contribution in [0, 0.1) is 11.3 Å². The van der Waals surface area contributed by atoms with Gasteiger partial charge in [-0.15, -0.1) is 11.8 Å². The Labute approximate surface area is 279 Å². The maximum absolute atomic E-state index is 11.3. The van der Waals surface area contributed by atoms with E-state index >= 15 is 0 Å². The number of hydrogen-bond acceptors (Lipinski definition) is 6. The summed E-state index contributed by atoms with van der Waals surface area (Å²) >= 11 is 1.86. The Balaban J connectivity index is 0.00000139. The van der Waals surface area contributed by atoms with Gasteiger partial charge in [-0.2, -0.15) is 14.9 Å². The maximum Gasteiger partial charge on any atom is 0.373 e. The summed E-state index contributed by atoms with van der Waals surface area (Å²) in [5, 5.41) is 18.5. The Morgan fingerprint density at radius 3 is 1.85 bits per heavy atom. The van der Waals surface area contributed by atoms with Crippen LogP contribution in [-0.2, 0) is 14.4 Å². The molecule has 47 heavy (non-hydrogen) atoms. The zero-order chi connectivity index (χ0) is 33.2. The van der Waals surface area contributed by atoms with Gasteiger partial charge in [-0.25, -0.2) is 4.79 Å². The van der Waals surface area contributed by atoms with Gasteiger partial charge in [-0.1, -0.05) is 92.2 Å². The second-order valence-corrected chi connectivity index (χ2v) is 12.6. The van der Waals surface area contributed by atoms with Gasteiger partial charge >= 0.3 is 12.1 Å². The number of carboxylic acid groups (broad SMARTS) is 1. The molecular formula is C40H34N2O4S. The first-order valence-electron chi connectivity index (χ1n) is 15.5. The van der Waals surface area contributed by atoms with Crippen molar-refractivity contribution in [1.82, 2.24) is 0 Å². The Morgan fingerprint density at radius 2 is 1.34 bits per heavy atom. The van der Waals surface area contributed by atoms with Crippen LogP contribution in [0.3, 0.4) is 0 Å². The summed E-state index contributed by atoms with van der Waals surface area (Å²) in [6.07, 6.45) is 13.7. The van der Waals surface area contributed by atoms with Crippen molar-refractivity contribution >= 4 is 65.6 Å². The van der Waals surface area contributed by atoms with E-state index in [4.69, 9.17) is 9.59 Å². The number of fused-ring (bicyclic) bond motifs is 3. The van der Waals surface area contributed by atoms with Gasteiger partial charge in [0.2, 0.25) is 0 Å². The van der Waals surface area contributed by atoms with E-state index in [1.54, 1.807) is 6.07 Å². The predicted octanol–water partition coefficient (Wildman–Crippen LogP) is 9.34. The lowest BCUT2D eigenvalue weighted by molar-refractivity contribution is -0.191. The Morgan fingerprint density at radius 1 is 0.830 bits per heavy atom. The van der Waals surface area contributed by atoms with Crippen LogP contribution in [0.1, 0.15) is 65.5 Å². The molecule has 234 valence electrons. The number of carbonyl (C=O) groups is 1. The quantitative estimate of drug-likeness (QED) is 0.0844. The largest absolute Gasteiger partial charge is 0.477 e. The smallest absolute Gasteiger partial charge is 0.373 e. The van der Waals surface area contributed by atoms with Crippen molar-refractivity contribution in [3.63, 3.8) is 0 Å². The summed E-state index contributed by atoms with van der Waals surface area (Å²) < 4.78 is 0. The Kier molecular flexibility index (Phi) is 11.0. The maximum atomic E-state index is 11.3. The van der Waals surface area contributed by atoms with Gasteiger partial charge in [-0.3, -0.25) is 0 Å². The van der Waals surface area contributed by atoms with Crippen LogP contribution < -0.4 is 4.90 Å². The van der Waals surface area contributed by atoms with Crippen LogP contribution in [0.25, 0.3) is 30.4 Å². The zero-order valence-electron chi connectivity index (χ0n) is 26.0.